The van der Waals surface area contributed by atoms with Crippen LogP contribution in [0.5, 0.6) is 0 Å². The molecule has 0 fully saturated rings. The number of thiazole rings is 1. The molecule has 1 N–H and O–H groups in total. The smallest absolute Gasteiger partial charge is 0.258 e. The van der Waals surface area contributed by atoms with E-state index in [0.29, 0.717) is 10.7 Å². The summed E-state index contributed by atoms with van der Waals surface area (Å²) in [6, 6.07) is 21.4. The predicted molar refractivity (Wildman–Crippen MR) is 113 cm³/mol. The van der Waals surface area contributed by atoms with E-state index < -0.39 is 0 Å². The molecule has 5 aromatic rings. The molecule has 5 rings (SSSR count). The molecule has 4 nitrogen and oxygen atoms in total. The first-order valence-electron chi connectivity index (χ1n) is 8.38. The maximum absolute atomic E-state index is 13.1. The van der Waals surface area contributed by atoms with Gasteiger partial charge in [0.15, 0.2) is 5.13 Å². The highest BCUT2D eigenvalue weighted by molar-refractivity contribution is 7.22. The van der Waals surface area contributed by atoms with E-state index in [-0.39, 0.29) is 5.91 Å². The summed E-state index contributed by atoms with van der Waals surface area (Å²) in [5.74, 6) is -0.175. The Kier molecular flexibility index (Phi) is 3.92. The van der Waals surface area contributed by atoms with Gasteiger partial charge in [0.2, 0.25) is 0 Å². The highest BCUT2D eigenvalue weighted by atomic mass is 32.1. The number of anilines is 1. The summed E-state index contributed by atoms with van der Waals surface area (Å²) in [4.78, 5) is 23.3. The molecule has 0 saturated heterocycles. The molecule has 0 atom stereocenters. The first-order valence-corrected chi connectivity index (χ1v) is 10.1. The van der Waals surface area contributed by atoms with Crippen LogP contribution in [-0.2, 0) is 0 Å². The Bertz CT molecular complexity index is 1240. The minimum Gasteiger partial charge on any atom is -0.298 e. The number of para-hydroxylation sites is 2. The van der Waals surface area contributed by atoms with E-state index in [1.54, 1.807) is 11.3 Å². The van der Waals surface area contributed by atoms with E-state index in [1.165, 1.54) is 11.3 Å². The quantitative estimate of drug-likeness (QED) is 0.424. The van der Waals surface area contributed by atoms with E-state index in [9.17, 15) is 4.79 Å². The molecule has 1 amide bonds. The van der Waals surface area contributed by atoms with Crippen LogP contribution in [-0.4, -0.2) is 15.9 Å². The number of thiophene rings is 1. The van der Waals surface area contributed by atoms with Crippen molar-refractivity contribution in [1.29, 1.82) is 0 Å². The van der Waals surface area contributed by atoms with Crippen molar-refractivity contribution in [2.75, 3.05) is 5.32 Å². The van der Waals surface area contributed by atoms with Crippen molar-refractivity contribution in [2.24, 2.45) is 0 Å². The molecular formula is C21H13N3OS2. The summed E-state index contributed by atoms with van der Waals surface area (Å²) in [7, 11) is 0. The van der Waals surface area contributed by atoms with Gasteiger partial charge >= 0.3 is 0 Å². The number of aromatic nitrogens is 2. The summed E-state index contributed by atoms with van der Waals surface area (Å²) < 4.78 is 1.05. The number of pyridine rings is 1. The topological polar surface area (TPSA) is 54.9 Å². The number of carbonyl (C=O) groups excluding carboxylic acids is 1. The molecule has 0 unspecified atom stereocenters. The van der Waals surface area contributed by atoms with Crippen molar-refractivity contribution in [2.45, 2.75) is 0 Å². The third-order valence-corrected chi connectivity index (χ3v) is 6.09. The Morgan fingerprint density at radius 1 is 0.889 bits per heavy atom. The molecule has 130 valence electrons. The van der Waals surface area contributed by atoms with Crippen molar-refractivity contribution < 1.29 is 4.79 Å². The van der Waals surface area contributed by atoms with Crippen LogP contribution in [0.1, 0.15) is 10.4 Å². The van der Waals surface area contributed by atoms with Crippen LogP contribution in [0, 0.1) is 0 Å². The number of benzene rings is 2. The lowest BCUT2D eigenvalue weighted by Crippen LogP contribution is -2.12. The third-order valence-electron chi connectivity index (χ3n) is 4.25. The second kappa shape index (κ2) is 6.57. The number of nitrogens with zero attached hydrogens (tertiary/aromatic N) is 2. The van der Waals surface area contributed by atoms with E-state index in [4.69, 9.17) is 4.98 Å². The Labute approximate surface area is 163 Å². The van der Waals surface area contributed by atoms with Crippen LogP contribution in [0.3, 0.4) is 0 Å². The number of rotatable bonds is 3. The first-order chi connectivity index (χ1) is 13.3. The van der Waals surface area contributed by atoms with Crippen molar-refractivity contribution >= 4 is 54.8 Å². The molecular weight excluding hydrogens is 374 g/mol. The van der Waals surface area contributed by atoms with Gasteiger partial charge in [0.05, 0.1) is 31.9 Å². The van der Waals surface area contributed by atoms with Crippen LogP contribution in [0.2, 0.25) is 0 Å². The Morgan fingerprint density at radius 2 is 1.70 bits per heavy atom. The second-order valence-electron chi connectivity index (χ2n) is 5.99. The van der Waals surface area contributed by atoms with E-state index in [2.05, 4.69) is 10.3 Å². The van der Waals surface area contributed by atoms with Gasteiger partial charge in [0, 0.05) is 5.39 Å². The molecule has 2 aromatic carbocycles. The SMILES string of the molecule is O=C(Nc1nc2ccccc2s1)c1cc(-c2cccs2)nc2ccccc12. The van der Waals surface area contributed by atoms with Crippen molar-refractivity contribution in [3.8, 4) is 10.6 Å². The maximum Gasteiger partial charge on any atom is 0.258 e. The number of carbonyl (C=O) groups is 1. The summed E-state index contributed by atoms with van der Waals surface area (Å²) >= 11 is 3.08. The van der Waals surface area contributed by atoms with Crippen LogP contribution < -0.4 is 5.32 Å². The minimum atomic E-state index is -0.175. The summed E-state index contributed by atoms with van der Waals surface area (Å²) in [6.45, 7) is 0. The normalized spacial score (nSPS) is 11.1. The molecule has 0 radical (unpaired) electrons. The van der Waals surface area contributed by atoms with Crippen LogP contribution in [0.15, 0.2) is 72.1 Å². The summed E-state index contributed by atoms with van der Waals surface area (Å²) in [5.41, 5.74) is 3.09. The van der Waals surface area contributed by atoms with Crippen LogP contribution in [0.25, 0.3) is 31.7 Å². The fourth-order valence-corrected chi connectivity index (χ4v) is 4.55. The third kappa shape index (κ3) is 2.99. The van der Waals surface area contributed by atoms with Gasteiger partial charge < -0.3 is 0 Å². The van der Waals surface area contributed by atoms with Gasteiger partial charge in [-0.2, -0.15) is 0 Å². The number of hydrogen-bond acceptors (Lipinski definition) is 5. The lowest BCUT2D eigenvalue weighted by Gasteiger charge is -2.08. The van der Waals surface area contributed by atoms with Crippen molar-refractivity contribution in [3.05, 3.63) is 77.7 Å². The standard InChI is InChI=1S/C21H13N3OS2/c25-20(24-21-23-16-8-3-4-9-19(16)27-21)14-12-17(18-10-5-11-26-18)22-15-7-2-1-6-13(14)15/h1-12H,(H,23,24,25). The number of fused-ring (bicyclic) bond motifs is 2. The molecule has 0 aliphatic heterocycles. The number of amides is 1. The number of hydrogen-bond donors (Lipinski definition) is 1. The Balaban J connectivity index is 1.59. The first kappa shape index (κ1) is 16.1. The molecule has 3 aromatic heterocycles. The monoisotopic (exact) mass is 387 g/mol. The highest BCUT2D eigenvalue weighted by Gasteiger charge is 2.16. The predicted octanol–water partition coefficient (Wildman–Crippen LogP) is 5.83. The van der Waals surface area contributed by atoms with Gasteiger partial charge in [-0.25, -0.2) is 9.97 Å². The molecule has 0 bridgehead atoms. The maximum atomic E-state index is 13.1. The molecule has 0 aliphatic rings. The number of nitrogens with one attached hydrogen (secondary N) is 1. The zero-order valence-electron chi connectivity index (χ0n) is 14.0. The van der Waals surface area contributed by atoms with Gasteiger partial charge in [0.25, 0.3) is 5.91 Å². The van der Waals surface area contributed by atoms with Gasteiger partial charge in [-0.1, -0.05) is 47.7 Å². The lowest BCUT2D eigenvalue weighted by molar-refractivity contribution is 0.102. The fraction of sp³-hybridized carbons (Fsp3) is 0. The van der Waals surface area contributed by atoms with Crippen LogP contribution in [0.4, 0.5) is 5.13 Å². The highest BCUT2D eigenvalue weighted by Crippen LogP contribution is 2.30. The average molecular weight is 387 g/mol. The molecule has 3 heterocycles. The Morgan fingerprint density at radius 3 is 2.52 bits per heavy atom. The molecule has 27 heavy (non-hydrogen) atoms. The van der Waals surface area contributed by atoms with Crippen molar-refractivity contribution in [3.63, 3.8) is 0 Å². The fourth-order valence-electron chi connectivity index (χ4n) is 3.00. The van der Waals surface area contributed by atoms with Gasteiger partial charge in [-0.15, -0.1) is 11.3 Å². The Hall–Kier alpha value is -3.09. The van der Waals surface area contributed by atoms with Gasteiger partial charge in [0.1, 0.15) is 0 Å². The summed E-state index contributed by atoms with van der Waals surface area (Å²) in [6.07, 6.45) is 0. The van der Waals surface area contributed by atoms with Gasteiger partial charge in [-0.05, 0) is 35.7 Å². The molecule has 0 aliphatic carbocycles. The minimum absolute atomic E-state index is 0.175. The van der Waals surface area contributed by atoms with Crippen molar-refractivity contribution in [1.82, 2.24) is 9.97 Å². The van der Waals surface area contributed by atoms with Gasteiger partial charge in [-0.3, -0.25) is 10.1 Å². The van der Waals surface area contributed by atoms with Crippen LogP contribution >= 0.6 is 22.7 Å². The molecule has 0 spiro atoms. The van der Waals surface area contributed by atoms with E-state index in [1.807, 2.05) is 72.1 Å². The molecule has 6 heteroatoms. The zero-order valence-corrected chi connectivity index (χ0v) is 15.7. The summed E-state index contributed by atoms with van der Waals surface area (Å²) in [5, 5.41) is 6.39. The van der Waals surface area contributed by atoms with E-state index >= 15 is 0 Å². The average Bonchev–Trinajstić information content (AvgIpc) is 3.36. The molecule has 0 saturated carbocycles. The largest absolute Gasteiger partial charge is 0.298 e. The zero-order chi connectivity index (χ0) is 18.2. The lowest BCUT2D eigenvalue weighted by atomic mass is 10.1. The second-order valence-corrected chi connectivity index (χ2v) is 7.97. The van der Waals surface area contributed by atoms with E-state index in [0.717, 1.165) is 31.7 Å².